The monoisotopic (exact) mass is 249 g/mol. The van der Waals surface area contributed by atoms with Gasteiger partial charge < -0.3 is 10.4 Å². The Hall–Kier alpha value is -2.43. The number of rotatable bonds is 2. The molecule has 0 aliphatic heterocycles. The Labute approximate surface area is 102 Å². The minimum atomic E-state index is -1.14. The highest BCUT2D eigenvalue weighted by atomic mass is 19.2. The summed E-state index contributed by atoms with van der Waals surface area (Å²) in [7, 11) is 0. The van der Waals surface area contributed by atoms with Crippen molar-refractivity contribution in [3.63, 3.8) is 0 Å². The van der Waals surface area contributed by atoms with Gasteiger partial charge in [0, 0.05) is 0 Å². The number of benzene rings is 2. The zero-order valence-corrected chi connectivity index (χ0v) is 9.15. The second kappa shape index (κ2) is 4.83. The van der Waals surface area contributed by atoms with Crippen LogP contribution in [-0.4, -0.2) is 11.0 Å². The van der Waals surface area contributed by atoms with Gasteiger partial charge >= 0.3 is 0 Å². The summed E-state index contributed by atoms with van der Waals surface area (Å²) >= 11 is 0. The summed E-state index contributed by atoms with van der Waals surface area (Å²) in [5, 5.41) is 11.6. The Morgan fingerprint density at radius 3 is 2.50 bits per heavy atom. The third-order valence-corrected chi connectivity index (χ3v) is 2.35. The van der Waals surface area contributed by atoms with Crippen molar-refractivity contribution < 1.29 is 18.7 Å². The number of phenols is 1. The van der Waals surface area contributed by atoms with Gasteiger partial charge in [-0.3, -0.25) is 4.79 Å². The van der Waals surface area contributed by atoms with Crippen LogP contribution in [0.25, 0.3) is 0 Å². The molecule has 2 rings (SSSR count). The summed E-state index contributed by atoms with van der Waals surface area (Å²) in [5.74, 6) is -3.13. The highest BCUT2D eigenvalue weighted by Gasteiger charge is 2.14. The average Bonchev–Trinajstić information content (AvgIpc) is 2.35. The van der Waals surface area contributed by atoms with E-state index in [0.717, 1.165) is 6.07 Å². The molecule has 5 heteroatoms. The van der Waals surface area contributed by atoms with E-state index in [4.69, 9.17) is 0 Å². The fourth-order valence-electron chi connectivity index (χ4n) is 1.46. The Morgan fingerprint density at radius 2 is 1.78 bits per heavy atom. The largest absolute Gasteiger partial charge is 0.507 e. The number of phenolic OH excluding ortho intramolecular Hbond substituents is 1. The molecule has 0 saturated heterocycles. The van der Waals surface area contributed by atoms with E-state index >= 15 is 0 Å². The fraction of sp³-hybridized carbons (Fsp3) is 0. The van der Waals surface area contributed by atoms with Crippen molar-refractivity contribution in [1.29, 1.82) is 0 Å². The molecule has 0 aliphatic carbocycles. The molecule has 0 aliphatic rings. The van der Waals surface area contributed by atoms with Gasteiger partial charge in [0.2, 0.25) is 0 Å². The number of amides is 1. The zero-order chi connectivity index (χ0) is 13.1. The van der Waals surface area contributed by atoms with Crippen LogP contribution in [0.1, 0.15) is 10.4 Å². The zero-order valence-electron chi connectivity index (χ0n) is 9.15. The summed E-state index contributed by atoms with van der Waals surface area (Å²) in [5.41, 5.74) is -0.288. The van der Waals surface area contributed by atoms with Crippen LogP contribution in [0.3, 0.4) is 0 Å². The molecule has 0 bridgehead atoms. The number of carbonyl (C=O) groups is 1. The summed E-state index contributed by atoms with van der Waals surface area (Å²) in [6.45, 7) is 0. The first kappa shape index (κ1) is 12.0. The minimum absolute atomic E-state index is 0.0128. The summed E-state index contributed by atoms with van der Waals surface area (Å²) in [6.07, 6.45) is 0. The summed E-state index contributed by atoms with van der Waals surface area (Å²) < 4.78 is 26.3. The van der Waals surface area contributed by atoms with Crippen LogP contribution in [0, 0.1) is 11.6 Å². The molecule has 0 unspecified atom stereocenters. The maximum Gasteiger partial charge on any atom is 0.259 e. The van der Waals surface area contributed by atoms with Crippen molar-refractivity contribution in [2.75, 3.05) is 5.32 Å². The molecule has 18 heavy (non-hydrogen) atoms. The van der Waals surface area contributed by atoms with Crippen LogP contribution in [-0.2, 0) is 0 Å². The van der Waals surface area contributed by atoms with Gasteiger partial charge in [-0.05, 0) is 24.3 Å². The molecule has 3 nitrogen and oxygen atoms in total. The lowest BCUT2D eigenvalue weighted by Gasteiger charge is -2.07. The predicted molar refractivity (Wildman–Crippen MR) is 62.4 cm³/mol. The molecule has 0 radical (unpaired) electrons. The highest BCUT2D eigenvalue weighted by Crippen LogP contribution is 2.20. The molecule has 0 atom stereocenters. The van der Waals surface area contributed by atoms with Crippen LogP contribution in [0.15, 0.2) is 42.5 Å². The van der Waals surface area contributed by atoms with Crippen molar-refractivity contribution >= 4 is 11.6 Å². The number of carbonyl (C=O) groups excluding carboxylic acids is 1. The number of halogens is 2. The van der Waals surface area contributed by atoms with E-state index in [-0.39, 0.29) is 17.0 Å². The minimum Gasteiger partial charge on any atom is -0.507 e. The van der Waals surface area contributed by atoms with Gasteiger partial charge in [0.1, 0.15) is 5.75 Å². The third kappa shape index (κ3) is 2.29. The van der Waals surface area contributed by atoms with Gasteiger partial charge in [0.25, 0.3) is 5.91 Å². The second-order valence-corrected chi connectivity index (χ2v) is 3.57. The lowest BCUT2D eigenvalue weighted by atomic mass is 10.2. The highest BCUT2D eigenvalue weighted by molar-refractivity contribution is 6.06. The van der Waals surface area contributed by atoms with E-state index in [2.05, 4.69) is 5.32 Å². The number of aromatic hydroxyl groups is 1. The molecule has 92 valence electrons. The predicted octanol–water partition coefficient (Wildman–Crippen LogP) is 2.92. The molecule has 0 aromatic heterocycles. The second-order valence-electron chi connectivity index (χ2n) is 3.57. The Kier molecular flexibility index (Phi) is 3.23. The van der Waals surface area contributed by atoms with Gasteiger partial charge in [0.15, 0.2) is 11.6 Å². The molecule has 2 aromatic carbocycles. The fourth-order valence-corrected chi connectivity index (χ4v) is 1.46. The quantitative estimate of drug-likeness (QED) is 0.859. The van der Waals surface area contributed by atoms with Crippen molar-refractivity contribution in [3.8, 4) is 5.75 Å². The van der Waals surface area contributed by atoms with Crippen LogP contribution in [0.2, 0.25) is 0 Å². The lowest BCUT2D eigenvalue weighted by Crippen LogP contribution is -2.13. The van der Waals surface area contributed by atoms with Crippen LogP contribution < -0.4 is 5.32 Å². The lowest BCUT2D eigenvalue weighted by molar-refractivity contribution is 0.102. The Balaban J connectivity index is 2.27. The SMILES string of the molecule is O=C(Nc1cccc(F)c1F)c1ccccc1O. The van der Waals surface area contributed by atoms with E-state index in [0.29, 0.717) is 0 Å². The van der Waals surface area contributed by atoms with E-state index in [1.807, 2.05) is 0 Å². The van der Waals surface area contributed by atoms with Crippen LogP contribution in [0.5, 0.6) is 5.75 Å². The normalized spacial score (nSPS) is 10.1. The molecule has 1 amide bonds. The maximum absolute atomic E-state index is 13.3. The first-order chi connectivity index (χ1) is 8.59. The van der Waals surface area contributed by atoms with E-state index in [1.165, 1.54) is 24.3 Å². The molecule has 0 heterocycles. The topological polar surface area (TPSA) is 49.3 Å². The van der Waals surface area contributed by atoms with Gasteiger partial charge in [-0.1, -0.05) is 18.2 Å². The first-order valence-electron chi connectivity index (χ1n) is 5.13. The number of hydrogen-bond donors (Lipinski definition) is 2. The molecular weight excluding hydrogens is 240 g/mol. The van der Waals surface area contributed by atoms with Crippen LogP contribution >= 0.6 is 0 Å². The van der Waals surface area contributed by atoms with Crippen molar-refractivity contribution in [2.45, 2.75) is 0 Å². The number of para-hydroxylation sites is 1. The van der Waals surface area contributed by atoms with Gasteiger partial charge in [0.05, 0.1) is 11.3 Å². The smallest absolute Gasteiger partial charge is 0.259 e. The first-order valence-corrected chi connectivity index (χ1v) is 5.13. The Morgan fingerprint density at radius 1 is 1.06 bits per heavy atom. The molecule has 0 saturated carbocycles. The van der Waals surface area contributed by atoms with Crippen molar-refractivity contribution in [1.82, 2.24) is 0 Å². The Bertz CT molecular complexity index is 599. The van der Waals surface area contributed by atoms with E-state index < -0.39 is 17.5 Å². The molecular formula is C13H9F2NO2. The van der Waals surface area contributed by atoms with E-state index in [1.54, 1.807) is 12.1 Å². The standard InChI is InChI=1S/C13H9F2NO2/c14-9-5-3-6-10(12(9)15)16-13(18)8-4-1-2-7-11(8)17/h1-7,17H,(H,16,18). The van der Waals surface area contributed by atoms with E-state index in [9.17, 15) is 18.7 Å². The van der Waals surface area contributed by atoms with Gasteiger partial charge in [-0.2, -0.15) is 0 Å². The summed E-state index contributed by atoms with van der Waals surface area (Å²) in [4.78, 5) is 11.7. The van der Waals surface area contributed by atoms with Gasteiger partial charge in [-0.15, -0.1) is 0 Å². The maximum atomic E-state index is 13.3. The van der Waals surface area contributed by atoms with Crippen LogP contribution in [0.4, 0.5) is 14.5 Å². The molecule has 2 aromatic rings. The number of anilines is 1. The van der Waals surface area contributed by atoms with Crippen molar-refractivity contribution in [2.24, 2.45) is 0 Å². The molecule has 2 N–H and O–H groups in total. The summed E-state index contributed by atoms with van der Waals surface area (Å²) in [6, 6.07) is 9.27. The molecule has 0 fully saturated rings. The van der Waals surface area contributed by atoms with Crippen molar-refractivity contribution in [3.05, 3.63) is 59.7 Å². The molecule has 0 spiro atoms. The number of hydrogen-bond acceptors (Lipinski definition) is 2. The van der Waals surface area contributed by atoms with Gasteiger partial charge in [-0.25, -0.2) is 8.78 Å². The number of nitrogens with one attached hydrogen (secondary N) is 1. The third-order valence-electron chi connectivity index (χ3n) is 2.35. The average molecular weight is 249 g/mol.